The van der Waals surface area contributed by atoms with E-state index >= 15 is 4.39 Å². The standard InChI is InChI=1S/C43H45F3N6O6/c1-23-12-26-13-30(53)3-5-31(26)39(51(23)22-37(45)46)32-4-2-29(16-35(32)44)49-10-8-25(9-11-49)41(56)50-18-24(19-50)17-48-20-27-14-33-34(15-28(27)21-48)43(58)52(42(33)57)36-6-7-38(54)47-40(36)55/h2-5,13-16,23-25,36-37,39,53H,6-12,17-22H2,1H3,(H,47,54,55)/t23-,36?,39+/m1/s1. The van der Waals surface area contributed by atoms with Crippen LogP contribution >= 0.6 is 0 Å². The molecule has 9 rings (SSSR count). The van der Waals surface area contributed by atoms with Gasteiger partial charge in [-0.1, -0.05) is 12.1 Å². The first kappa shape index (κ1) is 38.2. The number of nitrogens with one attached hydrogen (secondary N) is 1. The normalized spacial score (nSPS) is 24.3. The Kier molecular flexibility index (Phi) is 9.78. The van der Waals surface area contributed by atoms with Gasteiger partial charge < -0.3 is 14.9 Å². The van der Waals surface area contributed by atoms with Gasteiger partial charge in [-0.25, -0.2) is 13.2 Å². The Morgan fingerprint density at radius 3 is 2.19 bits per heavy atom. The van der Waals surface area contributed by atoms with E-state index in [0.717, 1.165) is 28.1 Å². The molecular formula is C43H45F3N6O6. The number of imide groups is 2. The number of fused-ring (bicyclic) bond motifs is 3. The lowest BCUT2D eigenvalue weighted by atomic mass is 9.84. The molecule has 0 aromatic heterocycles. The molecule has 2 N–H and O–H groups in total. The predicted octanol–water partition coefficient (Wildman–Crippen LogP) is 4.22. The van der Waals surface area contributed by atoms with Crippen LogP contribution in [0, 0.1) is 17.7 Å². The summed E-state index contributed by atoms with van der Waals surface area (Å²) in [6, 6.07) is 11.3. The monoisotopic (exact) mass is 798 g/mol. The fraction of sp³-hybridized carbons (Fsp3) is 0.465. The number of hydrogen-bond acceptors (Lipinski definition) is 9. The molecule has 1 unspecified atom stereocenters. The number of anilines is 1. The van der Waals surface area contributed by atoms with E-state index in [2.05, 4.69) is 15.1 Å². The summed E-state index contributed by atoms with van der Waals surface area (Å²) < 4.78 is 43.4. The summed E-state index contributed by atoms with van der Waals surface area (Å²) in [5.41, 5.74) is 5.01. The number of carbonyl (C=O) groups is 5. The van der Waals surface area contributed by atoms with Gasteiger partial charge in [0.05, 0.1) is 23.7 Å². The minimum atomic E-state index is -2.59. The fourth-order valence-corrected chi connectivity index (χ4v) is 10.1. The zero-order chi connectivity index (χ0) is 40.6. The molecule has 3 aromatic carbocycles. The van der Waals surface area contributed by atoms with Gasteiger partial charge in [-0.2, -0.15) is 0 Å². The summed E-state index contributed by atoms with van der Waals surface area (Å²) in [6.07, 6.45) is -0.676. The Hall–Kier alpha value is -5.28. The van der Waals surface area contributed by atoms with Gasteiger partial charge in [0, 0.05) is 81.4 Å². The van der Waals surface area contributed by atoms with Gasteiger partial charge in [-0.15, -0.1) is 0 Å². The average molecular weight is 799 g/mol. The van der Waals surface area contributed by atoms with E-state index in [9.17, 15) is 37.9 Å². The largest absolute Gasteiger partial charge is 0.508 e. The zero-order valence-electron chi connectivity index (χ0n) is 32.1. The Balaban J connectivity index is 0.772. The molecule has 3 saturated heterocycles. The van der Waals surface area contributed by atoms with Crippen molar-refractivity contribution in [3.63, 3.8) is 0 Å². The second kappa shape index (κ2) is 14.8. The zero-order valence-corrected chi connectivity index (χ0v) is 32.1. The molecule has 6 heterocycles. The van der Waals surface area contributed by atoms with Crippen LogP contribution in [0.3, 0.4) is 0 Å². The number of piperidine rings is 2. The number of likely N-dealkylation sites (tertiary alicyclic amines) is 1. The molecule has 3 aromatic rings. The Labute approximate surface area is 333 Å². The highest BCUT2D eigenvalue weighted by Gasteiger charge is 2.46. The van der Waals surface area contributed by atoms with E-state index < -0.39 is 54.5 Å². The third-order valence-corrected chi connectivity index (χ3v) is 13.0. The van der Waals surface area contributed by atoms with Crippen LogP contribution in [-0.2, 0) is 33.9 Å². The smallest absolute Gasteiger partial charge is 0.262 e. The summed E-state index contributed by atoms with van der Waals surface area (Å²) in [7, 11) is 0. The molecule has 58 heavy (non-hydrogen) atoms. The highest BCUT2D eigenvalue weighted by atomic mass is 19.3. The molecule has 304 valence electrons. The summed E-state index contributed by atoms with van der Waals surface area (Å²) in [6.45, 7) is 5.80. The molecule has 5 amide bonds. The second-order valence-corrected chi connectivity index (χ2v) is 16.8. The number of carbonyl (C=O) groups excluding carboxylic acids is 5. The molecule has 6 aliphatic heterocycles. The number of rotatable bonds is 8. The van der Waals surface area contributed by atoms with E-state index in [1.54, 1.807) is 35.2 Å². The number of aromatic hydroxyl groups is 1. The van der Waals surface area contributed by atoms with Gasteiger partial charge in [-0.05, 0) is 91.3 Å². The van der Waals surface area contributed by atoms with E-state index in [4.69, 9.17) is 0 Å². The van der Waals surface area contributed by atoms with Gasteiger partial charge in [-0.3, -0.25) is 44.0 Å². The summed E-state index contributed by atoms with van der Waals surface area (Å²) in [5, 5.41) is 12.3. The molecule has 0 aliphatic carbocycles. The van der Waals surface area contributed by atoms with Crippen LogP contribution in [0.2, 0.25) is 0 Å². The molecule has 6 aliphatic rings. The van der Waals surface area contributed by atoms with Crippen molar-refractivity contribution in [2.75, 3.05) is 44.2 Å². The number of alkyl halides is 2. The van der Waals surface area contributed by atoms with Crippen LogP contribution in [0.4, 0.5) is 18.9 Å². The summed E-state index contributed by atoms with van der Waals surface area (Å²) in [5.74, 6) is -2.18. The number of amides is 5. The minimum Gasteiger partial charge on any atom is -0.508 e. The second-order valence-electron chi connectivity index (χ2n) is 16.8. The van der Waals surface area contributed by atoms with E-state index in [0.29, 0.717) is 81.3 Å². The van der Waals surface area contributed by atoms with E-state index in [1.807, 2.05) is 17.9 Å². The number of benzene rings is 3. The van der Waals surface area contributed by atoms with Crippen molar-refractivity contribution in [3.8, 4) is 5.75 Å². The minimum absolute atomic E-state index is 0.0677. The SMILES string of the molecule is C[C@@H]1Cc2cc(O)ccc2[C@@H](c2ccc(N3CCC(C(=O)N4CC(CN5Cc6cc7c(cc6C5)C(=O)N(C5CCC(=O)NC5=O)C7=O)C4)CC3)cc2F)N1CC(F)F. The lowest BCUT2D eigenvalue weighted by molar-refractivity contribution is -0.143. The molecule has 3 fully saturated rings. The summed E-state index contributed by atoms with van der Waals surface area (Å²) in [4.78, 5) is 73.0. The molecule has 0 bridgehead atoms. The maximum Gasteiger partial charge on any atom is 0.262 e. The van der Waals surface area contributed by atoms with Crippen molar-refractivity contribution in [2.45, 2.75) is 76.7 Å². The molecule has 0 spiro atoms. The highest BCUT2D eigenvalue weighted by Crippen LogP contribution is 2.42. The van der Waals surface area contributed by atoms with Crippen molar-refractivity contribution in [2.24, 2.45) is 11.8 Å². The van der Waals surface area contributed by atoms with E-state index in [-0.39, 0.29) is 47.6 Å². The van der Waals surface area contributed by atoms with Gasteiger partial charge >= 0.3 is 0 Å². The van der Waals surface area contributed by atoms with Crippen molar-refractivity contribution >= 4 is 35.2 Å². The maximum atomic E-state index is 16.0. The van der Waals surface area contributed by atoms with Crippen LogP contribution in [-0.4, -0.2) is 112 Å². The molecule has 15 heteroatoms. The maximum absolute atomic E-state index is 16.0. The van der Waals surface area contributed by atoms with Crippen LogP contribution in [0.5, 0.6) is 5.75 Å². The van der Waals surface area contributed by atoms with Crippen LogP contribution in [0.1, 0.15) is 87.2 Å². The van der Waals surface area contributed by atoms with Crippen molar-refractivity contribution in [1.82, 2.24) is 24.9 Å². The van der Waals surface area contributed by atoms with Crippen LogP contribution in [0.15, 0.2) is 48.5 Å². The van der Waals surface area contributed by atoms with Crippen molar-refractivity contribution < 1.29 is 42.3 Å². The molecular weight excluding hydrogens is 754 g/mol. The predicted molar refractivity (Wildman–Crippen MR) is 204 cm³/mol. The van der Waals surface area contributed by atoms with Gasteiger partial charge in [0.15, 0.2) is 0 Å². The van der Waals surface area contributed by atoms with Gasteiger partial charge in [0.1, 0.15) is 17.6 Å². The Morgan fingerprint density at radius 2 is 1.55 bits per heavy atom. The van der Waals surface area contributed by atoms with E-state index in [1.165, 1.54) is 12.1 Å². The van der Waals surface area contributed by atoms with Gasteiger partial charge in [0.25, 0.3) is 18.2 Å². The van der Waals surface area contributed by atoms with Crippen molar-refractivity contribution in [3.05, 3.63) is 93.3 Å². The van der Waals surface area contributed by atoms with Gasteiger partial charge in [0.2, 0.25) is 17.7 Å². The molecule has 12 nitrogen and oxygen atoms in total. The van der Waals surface area contributed by atoms with Crippen LogP contribution in [0.25, 0.3) is 0 Å². The first-order chi connectivity index (χ1) is 27.8. The summed E-state index contributed by atoms with van der Waals surface area (Å²) >= 11 is 0. The molecule has 3 atom stereocenters. The third-order valence-electron chi connectivity index (χ3n) is 13.0. The first-order valence-corrected chi connectivity index (χ1v) is 20.1. The number of halogens is 3. The third kappa shape index (κ3) is 6.81. The van der Waals surface area contributed by atoms with Crippen LogP contribution < -0.4 is 10.2 Å². The number of phenolic OH excluding ortho intramolecular Hbond substituents is 1. The average Bonchev–Trinajstić information content (AvgIpc) is 3.68. The Morgan fingerprint density at radius 1 is 0.879 bits per heavy atom. The van der Waals surface area contributed by atoms with Crippen molar-refractivity contribution in [1.29, 1.82) is 0 Å². The number of phenols is 1. The highest BCUT2D eigenvalue weighted by molar-refractivity contribution is 6.23. The first-order valence-electron chi connectivity index (χ1n) is 20.1. The lowest BCUT2D eigenvalue weighted by Gasteiger charge is -2.44. The number of nitrogens with zero attached hydrogens (tertiary/aromatic N) is 5. The molecule has 0 radical (unpaired) electrons. The topological polar surface area (TPSA) is 134 Å². The fourth-order valence-electron chi connectivity index (χ4n) is 10.1. The quantitative estimate of drug-likeness (QED) is 0.322. The Bertz CT molecular complexity index is 2180. The molecule has 0 saturated carbocycles. The lowest BCUT2D eigenvalue weighted by Crippen LogP contribution is -2.55. The number of hydrogen-bond donors (Lipinski definition) is 2.